The van der Waals surface area contributed by atoms with Crippen LogP contribution in [-0.2, 0) is 0 Å². The zero-order valence-electron chi connectivity index (χ0n) is 34.0. The number of nitrogen functional groups attached to an aromatic ring is 4. The van der Waals surface area contributed by atoms with Gasteiger partial charge in [-0.25, -0.2) is 0 Å². The van der Waals surface area contributed by atoms with Gasteiger partial charge in [-0.2, -0.15) is 0 Å². The second kappa shape index (κ2) is 22.0. The van der Waals surface area contributed by atoms with Crippen LogP contribution in [0.2, 0.25) is 0 Å². The zero-order chi connectivity index (χ0) is 44.5. The van der Waals surface area contributed by atoms with E-state index in [1.165, 1.54) is 13.1 Å². The van der Waals surface area contributed by atoms with Crippen molar-refractivity contribution in [2.75, 3.05) is 7.05 Å². The first kappa shape index (κ1) is 45.4. The predicted molar refractivity (Wildman–Crippen MR) is 256 cm³/mol. The van der Waals surface area contributed by atoms with Crippen LogP contribution in [-0.4, -0.2) is 46.2 Å². The summed E-state index contributed by atoms with van der Waals surface area (Å²) in [6, 6.07) is 45.4. The van der Waals surface area contributed by atoms with Crippen molar-refractivity contribution in [3.8, 4) is 17.0 Å². The third-order valence-corrected chi connectivity index (χ3v) is 9.07. The van der Waals surface area contributed by atoms with Gasteiger partial charge in [-0.3, -0.25) is 21.6 Å². The minimum Gasteiger partial charge on any atom is -0.507 e. The average molecular weight is 810 g/mol. The van der Waals surface area contributed by atoms with E-state index in [1.807, 2.05) is 146 Å². The monoisotopic (exact) mass is 809 g/mol. The first-order valence-corrected chi connectivity index (χ1v) is 19.0. The Kier molecular flexibility index (Phi) is 16.3. The third kappa shape index (κ3) is 13.4. The molecule has 12 heteroatoms. The summed E-state index contributed by atoms with van der Waals surface area (Å²) in [4.78, 5) is 3.37. The molecule has 0 aliphatic rings. The predicted octanol–water partition coefficient (Wildman–Crippen LogP) is 8.35. The van der Waals surface area contributed by atoms with Gasteiger partial charge in [0.1, 0.15) is 29.1 Å². The molecule has 0 atom stereocenters. The van der Waals surface area contributed by atoms with E-state index in [0.717, 1.165) is 50.0 Å². The molecule has 0 spiro atoms. The first-order valence-electron chi connectivity index (χ1n) is 19.0. The van der Waals surface area contributed by atoms with Crippen LogP contribution in [0.5, 0.6) is 5.75 Å². The van der Waals surface area contributed by atoms with Gasteiger partial charge in [-0.15, -0.1) is 0 Å². The maximum atomic E-state index is 9.81. The molecule has 0 fully saturated rings. The number of aromatic hydroxyl groups is 1. The van der Waals surface area contributed by atoms with E-state index in [-0.39, 0.29) is 29.1 Å². The number of phenolic OH excluding ortho intramolecular Hbond substituents is 1. The van der Waals surface area contributed by atoms with Crippen molar-refractivity contribution in [1.82, 2.24) is 4.98 Å². The lowest BCUT2D eigenvalue weighted by Crippen LogP contribution is -2.10. The van der Waals surface area contributed by atoms with Crippen molar-refractivity contribution >= 4 is 64.3 Å². The highest BCUT2D eigenvalue weighted by Crippen LogP contribution is 2.26. The molecule has 0 saturated carbocycles. The fourth-order valence-electron chi connectivity index (χ4n) is 5.69. The number of hydrogen-bond donors (Lipinski definition) is 12. The normalized spacial score (nSPS) is 10.4. The van der Waals surface area contributed by atoms with Gasteiger partial charge in [-0.05, 0) is 60.0 Å². The van der Waals surface area contributed by atoms with Crippen molar-refractivity contribution < 1.29 is 5.11 Å². The Bertz CT molecular complexity index is 2620. The fraction of sp³-hybridized carbons (Fsp3) is 0.0408. The number of hydrogen-bond acceptors (Lipinski definition) is 7. The van der Waals surface area contributed by atoms with Crippen molar-refractivity contribution in [3.63, 3.8) is 0 Å². The Morgan fingerprint density at radius 1 is 0.475 bits per heavy atom. The molecule has 0 amide bonds. The summed E-state index contributed by atoms with van der Waals surface area (Å²) in [6.07, 6.45) is 7.70. The Morgan fingerprint density at radius 2 is 0.902 bits per heavy atom. The molecule has 0 radical (unpaired) electrons. The number of aromatic nitrogens is 1. The standard InChI is InChI=1S/C17H16N4.C16H16N4.C15H14N2O.CH5N/c1-10(18)13-6-7-14-9-15(21-16(14)8-13)11-2-4-12(5-3-11)17(19)20;17-15(18)13-7-3-11(4-8-13)1-2-12-5-9-14(10-6-12)16(19)20;16-15(17)13-9-8-12(14(18)10-13)7-6-11-4-2-1-3-5-11;1-2/h2-9,18,21H,1H3,(H3,19,20);1-10H,(H3,17,18)(H3,19,20);1-10,18H,(H3,16,17);2H2,1H3/b;2-1+;7-6+;. The van der Waals surface area contributed by atoms with Gasteiger partial charge in [-0.1, -0.05) is 152 Å². The Labute approximate surface area is 355 Å². The van der Waals surface area contributed by atoms with E-state index >= 15 is 0 Å². The third-order valence-electron chi connectivity index (χ3n) is 9.07. The van der Waals surface area contributed by atoms with Crippen molar-refractivity contribution in [1.29, 1.82) is 27.0 Å². The van der Waals surface area contributed by atoms with Crippen LogP contribution in [0.4, 0.5) is 0 Å². The van der Waals surface area contributed by atoms with Crippen LogP contribution >= 0.6 is 0 Å². The minimum atomic E-state index is -0.0520. The van der Waals surface area contributed by atoms with Gasteiger partial charge in [0.15, 0.2) is 0 Å². The number of rotatable bonds is 10. The van der Waals surface area contributed by atoms with Crippen LogP contribution < -0.4 is 28.7 Å². The van der Waals surface area contributed by atoms with Crippen LogP contribution in [0.25, 0.3) is 46.5 Å². The largest absolute Gasteiger partial charge is 0.507 e. The topological polar surface area (TPSA) is 285 Å². The molecule has 7 rings (SSSR count). The van der Waals surface area contributed by atoms with Gasteiger partial charge in [0.25, 0.3) is 0 Å². The molecular formula is C49H51N11O. The summed E-state index contributed by atoms with van der Waals surface area (Å²) >= 11 is 0. The van der Waals surface area contributed by atoms with Crippen molar-refractivity contribution in [3.05, 3.63) is 196 Å². The van der Waals surface area contributed by atoms with Crippen molar-refractivity contribution in [2.24, 2.45) is 28.7 Å². The van der Waals surface area contributed by atoms with Gasteiger partial charge >= 0.3 is 0 Å². The average Bonchev–Trinajstić information content (AvgIpc) is 3.71. The van der Waals surface area contributed by atoms with E-state index in [9.17, 15) is 5.11 Å². The maximum absolute atomic E-state index is 9.81. The Morgan fingerprint density at radius 3 is 1.36 bits per heavy atom. The summed E-state index contributed by atoms with van der Waals surface area (Å²) in [5, 5.41) is 48.0. The quantitative estimate of drug-likeness (QED) is 0.0366. The summed E-state index contributed by atoms with van der Waals surface area (Å²) in [5.41, 5.74) is 37.2. The molecule has 0 saturated heterocycles. The molecule has 308 valence electrons. The lowest BCUT2D eigenvalue weighted by Gasteiger charge is -2.02. The second-order valence-electron chi connectivity index (χ2n) is 13.4. The van der Waals surface area contributed by atoms with Crippen LogP contribution in [0.3, 0.4) is 0 Å². The SMILES string of the molecule is CC(=N)c1ccc2cc(-c3ccc(C(=N)N)cc3)[nH]c2c1.CN.N=C(N)c1ccc(/C=C/c2ccc(C(=N)N)cc2)cc1.N=C(N)c1ccc(/C=C/c2ccccc2)c(O)c1. The maximum Gasteiger partial charge on any atom is 0.123 e. The first-order chi connectivity index (χ1) is 29.3. The molecule has 0 aliphatic heterocycles. The Hall–Kier alpha value is -8.35. The number of aromatic amines is 1. The van der Waals surface area contributed by atoms with Crippen LogP contribution in [0.1, 0.15) is 57.0 Å². The van der Waals surface area contributed by atoms with Crippen LogP contribution in [0.15, 0.2) is 146 Å². The van der Waals surface area contributed by atoms with E-state index in [0.29, 0.717) is 28.0 Å². The number of benzene rings is 6. The van der Waals surface area contributed by atoms with Gasteiger partial charge in [0.05, 0.1) is 0 Å². The molecule has 61 heavy (non-hydrogen) atoms. The highest BCUT2D eigenvalue weighted by molar-refractivity contribution is 6.01. The molecule has 0 unspecified atom stereocenters. The number of amidine groups is 4. The van der Waals surface area contributed by atoms with E-state index < -0.39 is 0 Å². The minimum absolute atomic E-state index is 0.0520. The molecule has 1 aromatic heterocycles. The fourth-order valence-corrected chi connectivity index (χ4v) is 5.69. The van der Waals surface area contributed by atoms with Gasteiger partial charge in [0, 0.05) is 50.1 Å². The molecule has 0 aliphatic carbocycles. The molecule has 0 bridgehead atoms. The lowest BCUT2D eigenvalue weighted by molar-refractivity contribution is 0.474. The molecule has 17 N–H and O–H groups in total. The summed E-state index contributed by atoms with van der Waals surface area (Å²) < 4.78 is 0. The molecular weight excluding hydrogens is 759 g/mol. The Balaban J connectivity index is 0.000000198. The summed E-state index contributed by atoms with van der Waals surface area (Å²) in [5.74, 6) is 0.281. The smallest absolute Gasteiger partial charge is 0.123 e. The van der Waals surface area contributed by atoms with Gasteiger partial charge < -0.3 is 44.2 Å². The number of H-pyrrole nitrogens is 1. The molecule has 1 heterocycles. The molecule has 12 nitrogen and oxygen atoms in total. The highest BCUT2D eigenvalue weighted by Gasteiger charge is 2.06. The number of fused-ring (bicyclic) bond motifs is 1. The van der Waals surface area contributed by atoms with E-state index in [4.69, 9.17) is 50.0 Å². The van der Waals surface area contributed by atoms with E-state index in [1.54, 1.807) is 19.1 Å². The molecule has 6 aromatic carbocycles. The second-order valence-corrected chi connectivity index (χ2v) is 13.4. The highest BCUT2D eigenvalue weighted by atomic mass is 16.3. The number of nitrogens with two attached hydrogens (primary N) is 5. The molecule has 7 aromatic rings. The summed E-state index contributed by atoms with van der Waals surface area (Å²) in [7, 11) is 1.50. The van der Waals surface area contributed by atoms with Crippen molar-refractivity contribution in [2.45, 2.75) is 6.92 Å². The summed E-state index contributed by atoms with van der Waals surface area (Å²) in [6.45, 7) is 1.78. The van der Waals surface area contributed by atoms with Gasteiger partial charge in [0.2, 0.25) is 0 Å². The number of phenols is 1. The van der Waals surface area contributed by atoms with E-state index in [2.05, 4.69) is 16.8 Å². The lowest BCUT2D eigenvalue weighted by atomic mass is 10.1. The zero-order valence-corrected chi connectivity index (χ0v) is 34.0. The number of nitrogens with one attached hydrogen (secondary N) is 6. The van der Waals surface area contributed by atoms with Crippen LogP contribution in [0, 0.1) is 27.0 Å².